The van der Waals surface area contributed by atoms with Gasteiger partial charge in [0.05, 0.1) is 113 Å². The first-order valence-electron chi connectivity index (χ1n) is 35.1. The van der Waals surface area contributed by atoms with Crippen molar-refractivity contribution in [3.05, 3.63) is 106 Å². The molecule has 6 atom stereocenters. The first-order chi connectivity index (χ1) is 48.7. The molecule has 5 aliphatic carbocycles. The minimum absolute atomic E-state index is 0.000866. The molecule has 0 radical (unpaired) electrons. The molecule has 12 rings (SSSR count). The van der Waals surface area contributed by atoms with E-state index < -0.39 is 30.1 Å². The number of carbonyl (C=O) groups is 6. The number of aromatic nitrogens is 12. The maximum Gasteiger partial charge on any atom is 0.407 e. The highest BCUT2D eigenvalue weighted by atomic mass is 16.6. The van der Waals surface area contributed by atoms with Crippen molar-refractivity contribution in [3.8, 4) is 51.4 Å². The zero-order valence-electron chi connectivity index (χ0n) is 58.3. The number of amides is 2. The van der Waals surface area contributed by atoms with Gasteiger partial charge in [0.1, 0.15) is 47.0 Å². The summed E-state index contributed by atoms with van der Waals surface area (Å²) in [6.07, 6.45) is 15.4. The van der Waals surface area contributed by atoms with Gasteiger partial charge in [-0.15, -0.1) is 15.3 Å². The molecule has 0 spiro atoms. The summed E-state index contributed by atoms with van der Waals surface area (Å²) in [5, 5.41) is 58.5. The van der Waals surface area contributed by atoms with Crippen molar-refractivity contribution in [1.82, 2.24) is 70.6 Å². The summed E-state index contributed by atoms with van der Waals surface area (Å²) in [5.74, 6) is -1.01. The molecule has 2 amide bonds. The zero-order valence-corrected chi connectivity index (χ0v) is 58.3. The Labute approximate surface area is 585 Å². The van der Waals surface area contributed by atoms with Crippen molar-refractivity contribution in [2.75, 3.05) is 6.61 Å². The third-order valence-corrected chi connectivity index (χ3v) is 19.1. The molecule has 1 aromatic carbocycles. The summed E-state index contributed by atoms with van der Waals surface area (Å²) in [6, 6.07) is 20.4. The van der Waals surface area contributed by atoms with Crippen LogP contribution < -0.4 is 24.8 Å². The average molecular weight is 1390 g/mol. The van der Waals surface area contributed by atoms with E-state index in [0.717, 1.165) is 87.6 Å². The van der Waals surface area contributed by atoms with Crippen LogP contribution in [0.15, 0.2) is 66.7 Å². The van der Waals surface area contributed by atoms with Gasteiger partial charge >= 0.3 is 36.1 Å². The van der Waals surface area contributed by atoms with Crippen molar-refractivity contribution in [1.29, 1.82) is 0 Å². The number of ether oxygens (including phenoxy) is 6. The van der Waals surface area contributed by atoms with Crippen molar-refractivity contribution in [3.63, 3.8) is 0 Å². The molecule has 0 aliphatic heterocycles. The number of aryl methyl sites for hydroxylation is 6. The summed E-state index contributed by atoms with van der Waals surface area (Å²) in [4.78, 5) is 84.7. The van der Waals surface area contributed by atoms with Crippen LogP contribution in [-0.4, -0.2) is 142 Å². The zero-order chi connectivity index (χ0) is 71.5. The fourth-order valence-corrected chi connectivity index (χ4v) is 13.1. The van der Waals surface area contributed by atoms with Crippen molar-refractivity contribution in [2.45, 2.75) is 200 Å². The quantitative estimate of drug-likeness (QED) is 0.0262. The second-order valence-electron chi connectivity index (χ2n) is 26.6. The fourth-order valence-electron chi connectivity index (χ4n) is 13.1. The number of carboxylic acids is 3. The summed E-state index contributed by atoms with van der Waals surface area (Å²) in [6.45, 7) is 6.72. The molecular weight excluding hydrogens is 1300 g/mol. The summed E-state index contributed by atoms with van der Waals surface area (Å²) < 4.78 is 39.3. The van der Waals surface area contributed by atoms with E-state index in [0.29, 0.717) is 132 Å². The molecule has 540 valence electrons. The molecule has 0 bridgehead atoms. The molecule has 6 aromatic heterocycles. The predicted octanol–water partition coefficient (Wildman–Crippen LogP) is 10.4. The van der Waals surface area contributed by atoms with Gasteiger partial charge in [0, 0.05) is 21.1 Å². The molecule has 101 heavy (non-hydrogen) atoms. The first kappa shape index (κ1) is 73.6. The Hall–Kier alpha value is -10.1. The number of carbonyl (C=O) groups excluding carboxylic acids is 3. The van der Waals surface area contributed by atoms with Gasteiger partial charge < -0.3 is 54.4 Å². The van der Waals surface area contributed by atoms with Gasteiger partial charge in [-0.05, 0) is 177 Å². The minimum Gasteiger partial charge on any atom is -0.489 e. The van der Waals surface area contributed by atoms with Crippen LogP contribution in [0.3, 0.4) is 0 Å². The van der Waals surface area contributed by atoms with Gasteiger partial charge in [-0.1, -0.05) is 65.7 Å². The summed E-state index contributed by atoms with van der Waals surface area (Å²) >= 11 is 0. The molecule has 1 unspecified atom stereocenters. The number of hydrogen-bond acceptors (Lipinski definition) is 21. The van der Waals surface area contributed by atoms with Gasteiger partial charge in [-0.2, -0.15) is 0 Å². The second kappa shape index (κ2) is 35.3. The fraction of sp³-hybridized carbons (Fsp3) is 0.542. The lowest BCUT2D eigenvalue weighted by Gasteiger charge is -2.28. The Kier molecular flexibility index (Phi) is 25.7. The van der Waals surface area contributed by atoms with E-state index in [9.17, 15) is 44.1 Å². The van der Waals surface area contributed by atoms with E-state index in [4.69, 9.17) is 33.4 Å². The van der Waals surface area contributed by atoms with Crippen LogP contribution in [0.5, 0.6) is 17.2 Å². The lowest BCUT2D eigenvalue weighted by atomic mass is 9.87. The summed E-state index contributed by atoms with van der Waals surface area (Å²) in [5.41, 5.74) is 8.63. The number of nitrogens with zero attached hydrogens (tertiary/aromatic N) is 12. The van der Waals surface area contributed by atoms with Crippen molar-refractivity contribution < 1.29 is 72.5 Å². The molecule has 29 nitrogen and oxygen atoms in total. The molecule has 5 saturated carbocycles. The van der Waals surface area contributed by atoms with Crippen LogP contribution in [0, 0.1) is 37.5 Å². The normalized spacial score (nSPS) is 19.6. The van der Waals surface area contributed by atoms with Crippen LogP contribution in [0.25, 0.3) is 34.2 Å². The van der Waals surface area contributed by atoms with E-state index in [1.165, 1.54) is 12.8 Å². The van der Waals surface area contributed by atoms with E-state index >= 15 is 0 Å². The average Bonchev–Trinajstić information content (AvgIpc) is 1.76. The highest BCUT2D eigenvalue weighted by Crippen LogP contribution is 2.36. The number of esters is 1. The Morgan fingerprint density at radius 3 is 1.40 bits per heavy atom. The lowest BCUT2D eigenvalue weighted by molar-refractivity contribution is -0.144. The smallest absolute Gasteiger partial charge is 0.407 e. The summed E-state index contributed by atoms with van der Waals surface area (Å²) in [7, 11) is 5.26. The standard InChI is InChI=1S/C26H31N5O5.C23H31N5O5.C23H30N4O5/c1-3-20-23(36-19-11-7-10-18(14-19)25(32)33)13-12-21(28-20)24-22(31(2)30-29-24)15-27-26(34)35-16-17-8-5-4-6-9-17;1-14-20(32-17-9-5-6-15(12-17)22(29)30)11-10-18(25-14)21-19(28(2)27-26-21)13-24-23(31)33-16-7-3-4-8-16;1-14-20(32-17-5-3-4-16(12-17)23(29)30)9-8-18(24-14)22-19(27(2)26-25-22)13-21(28)31-11-10-15-6-7-15/h4-6,8-9,12-13,18-19H,3,7,10-11,14-16H2,1-2H3,(H,27,34)(H,32,33);10-11,15-17H,3-9,12-13H2,1-2H3,(H,24,31)(H,29,30);8-9,15-17H,3-7,10-13H2,1-2H3,(H,29,30)/t18-,19-;15?,17-;16-,17-/m000/s1. The topological polar surface area (TPSA) is 373 Å². The van der Waals surface area contributed by atoms with Gasteiger partial charge in [-0.3, -0.25) is 23.9 Å². The number of aliphatic carboxylic acids is 3. The number of hydrogen-bond donors (Lipinski definition) is 5. The minimum atomic E-state index is -0.764. The Bertz CT molecular complexity index is 3980. The maximum atomic E-state index is 12.3. The Morgan fingerprint density at radius 2 is 0.931 bits per heavy atom. The number of benzene rings is 1. The Morgan fingerprint density at radius 1 is 0.495 bits per heavy atom. The third kappa shape index (κ3) is 20.8. The van der Waals surface area contributed by atoms with Crippen LogP contribution in [0.4, 0.5) is 9.59 Å². The highest BCUT2D eigenvalue weighted by Gasteiger charge is 2.33. The van der Waals surface area contributed by atoms with E-state index in [1.807, 2.05) is 81.4 Å². The lowest BCUT2D eigenvalue weighted by Crippen LogP contribution is -2.29. The van der Waals surface area contributed by atoms with Gasteiger partial charge in [0.25, 0.3) is 0 Å². The molecule has 0 saturated heterocycles. The molecule has 5 N–H and O–H groups in total. The van der Waals surface area contributed by atoms with Crippen LogP contribution in [0.2, 0.25) is 0 Å². The molecule has 7 aromatic rings. The van der Waals surface area contributed by atoms with Crippen molar-refractivity contribution in [2.24, 2.45) is 44.8 Å². The number of nitrogens with one attached hydrogen (secondary N) is 2. The molecule has 6 heterocycles. The molecule has 5 aliphatic rings. The molecule has 29 heteroatoms. The van der Waals surface area contributed by atoms with Gasteiger partial charge in [-0.25, -0.2) is 33.9 Å². The van der Waals surface area contributed by atoms with E-state index in [1.54, 1.807) is 41.3 Å². The number of carboxylic acid groups (broad SMARTS) is 3. The van der Waals surface area contributed by atoms with Crippen molar-refractivity contribution >= 4 is 36.1 Å². The van der Waals surface area contributed by atoms with Gasteiger partial charge in [0.15, 0.2) is 0 Å². The molecule has 5 fully saturated rings. The largest absolute Gasteiger partial charge is 0.489 e. The van der Waals surface area contributed by atoms with Crippen LogP contribution in [-0.2, 0) is 87.1 Å². The maximum absolute atomic E-state index is 12.3. The van der Waals surface area contributed by atoms with E-state index in [-0.39, 0.29) is 74.3 Å². The molecular formula is C72H92N14O15. The predicted molar refractivity (Wildman–Crippen MR) is 365 cm³/mol. The second-order valence-corrected chi connectivity index (χ2v) is 26.6. The number of pyridine rings is 3. The number of alkyl carbamates (subject to hydrolysis) is 2. The SMILES string of the molecule is CCc1nc(-c2nnn(C)c2CNC(=O)OCc2ccccc2)ccc1O[C@H]1CCC[C@H](C(=O)O)C1.Cc1nc(-c2nnn(C)c2CC(=O)OCCC2CC2)ccc1O[C@H]1CCC[C@H](C(=O)O)C1.Cc1nc(-c2nnn(C)c2CNC(=O)OC2CCCC2)ccc1O[C@H]1CCCC(C(=O)O)C1. The van der Waals surface area contributed by atoms with E-state index in [2.05, 4.69) is 51.5 Å². The number of rotatable bonds is 25. The third-order valence-electron chi connectivity index (χ3n) is 19.1. The monoisotopic (exact) mass is 1390 g/mol. The highest BCUT2D eigenvalue weighted by molar-refractivity contribution is 5.75. The van der Waals surface area contributed by atoms with Crippen LogP contribution in [0.1, 0.15) is 169 Å². The van der Waals surface area contributed by atoms with Gasteiger partial charge in [0.2, 0.25) is 0 Å². The Balaban J connectivity index is 0.000000164. The first-order valence-corrected chi connectivity index (χ1v) is 35.1. The van der Waals surface area contributed by atoms with Crippen LogP contribution >= 0.6 is 0 Å².